The van der Waals surface area contributed by atoms with Crippen LogP contribution in [-0.4, -0.2) is 33.0 Å². The van der Waals surface area contributed by atoms with E-state index < -0.39 is 17.4 Å². The van der Waals surface area contributed by atoms with Gasteiger partial charge in [-0.05, 0) is 28.8 Å². The predicted molar refractivity (Wildman–Crippen MR) is 143 cm³/mol. The van der Waals surface area contributed by atoms with Crippen LogP contribution in [0, 0.1) is 0 Å². The molecular weight excluding hydrogens is 474 g/mol. The molecule has 6 heteroatoms. The summed E-state index contributed by atoms with van der Waals surface area (Å²) in [6.07, 6.45) is 4.28. The van der Waals surface area contributed by atoms with E-state index in [2.05, 4.69) is 41.0 Å². The number of rotatable bonds is 8. The van der Waals surface area contributed by atoms with Crippen LogP contribution in [0.1, 0.15) is 43.1 Å². The molecule has 0 saturated heterocycles. The van der Waals surface area contributed by atoms with Crippen molar-refractivity contribution in [2.45, 2.75) is 12.0 Å². The Morgan fingerprint density at radius 3 is 1.55 bits per heavy atom. The van der Waals surface area contributed by atoms with E-state index >= 15 is 0 Å². The number of benzene rings is 4. The molecule has 0 radical (unpaired) electrons. The van der Waals surface area contributed by atoms with Gasteiger partial charge in [-0.2, -0.15) is 0 Å². The number of amides is 2. The van der Waals surface area contributed by atoms with Gasteiger partial charge in [0.15, 0.2) is 0 Å². The fraction of sp³-hybridized carbons (Fsp3) is 0.0938. The molecule has 0 atom stereocenters. The molecule has 0 saturated carbocycles. The third kappa shape index (κ3) is 3.92. The maximum Gasteiger partial charge on any atom is 0.285 e. The number of carbonyl (C=O) groups excluding carboxylic acids is 2. The largest absolute Gasteiger partial charge is 0.319 e. The minimum atomic E-state index is -0.654. The van der Waals surface area contributed by atoms with Crippen LogP contribution in [0.15, 0.2) is 128 Å². The average molecular weight is 500 g/mol. The quantitative estimate of drug-likeness (QED) is 0.209. The Bertz CT molecular complexity index is 1450. The maximum absolute atomic E-state index is 12.6. The monoisotopic (exact) mass is 499 g/mol. The van der Waals surface area contributed by atoms with Gasteiger partial charge >= 0.3 is 0 Å². The van der Waals surface area contributed by atoms with Crippen molar-refractivity contribution >= 4 is 11.8 Å². The van der Waals surface area contributed by atoms with Gasteiger partial charge in [-0.1, -0.05) is 103 Å². The SMILES string of the molecule is O=C1c2ccccc2C(=O)N1OCCc1cn(C(c2ccccc2)(c2ccccc2)c2ccccc2)cn1. The van der Waals surface area contributed by atoms with Crippen molar-refractivity contribution < 1.29 is 14.4 Å². The fourth-order valence-corrected chi connectivity index (χ4v) is 5.19. The Balaban J connectivity index is 1.32. The number of hydrogen-bond donors (Lipinski definition) is 0. The summed E-state index contributed by atoms with van der Waals surface area (Å²) in [5.74, 6) is -0.875. The first kappa shape index (κ1) is 23.6. The first-order valence-corrected chi connectivity index (χ1v) is 12.5. The van der Waals surface area contributed by atoms with E-state index in [0.717, 1.165) is 27.4 Å². The van der Waals surface area contributed by atoms with Crippen molar-refractivity contribution in [3.8, 4) is 0 Å². The molecule has 4 aromatic carbocycles. The number of aromatic nitrogens is 2. The Hall–Kier alpha value is -4.81. The molecule has 38 heavy (non-hydrogen) atoms. The zero-order valence-corrected chi connectivity index (χ0v) is 20.6. The highest BCUT2D eigenvalue weighted by atomic mass is 16.7. The number of imide groups is 1. The number of carbonyl (C=O) groups is 2. The maximum atomic E-state index is 12.6. The molecule has 0 bridgehead atoms. The van der Waals surface area contributed by atoms with Gasteiger partial charge in [0, 0.05) is 12.6 Å². The lowest BCUT2D eigenvalue weighted by molar-refractivity contribution is -0.0903. The molecule has 6 nitrogen and oxygen atoms in total. The van der Waals surface area contributed by atoms with Gasteiger partial charge < -0.3 is 4.57 Å². The molecule has 2 amide bonds. The highest BCUT2D eigenvalue weighted by Gasteiger charge is 2.39. The molecule has 1 aliphatic heterocycles. The number of fused-ring (bicyclic) bond motifs is 1. The van der Waals surface area contributed by atoms with Crippen LogP contribution < -0.4 is 0 Å². The van der Waals surface area contributed by atoms with Crippen LogP contribution >= 0.6 is 0 Å². The zero-order chi connectivity index (χ0) is 26.0. The molecule has 0 spiro atoms. The normalized spacial score (nSPS) is 13.1. The average Bonchev–Trinajstić information content (AvgIpc) is 3.54. The first-order valence-electron chi connectivity index (χ1n) is 12.5. The van der Waals surface area contributed by atoms with E-state index in [0.29, 0.717) is 17.5 Å². The molecule has 0 N–H and O–H groups in total. The summed E-state index contributed by atoms with van der Waals surface area (Å²) in [7, 11) is 0. The van der Waals surface area contributed by atoms with Gasteiger partial charge in [-0.15, -0.1) is 5.06 Å². The molecule has 1 aromatic heterocycles. The van der Waals surface area contributed by atoms with Crippen LogP contribution in [0.3, 0.4) is 0 Å². The summed E-state index contributed by atoms with van der Waals surface area (Å²) in [4.78, 5) is 35.6. The summed E-state index contributed by atoms with van der Waals surface area (Å²) in [6, 6.07) is 37.8. The molecule has 186 valence electrons. The Morgan fingerprint density at radius 2 is 1.08 bits per heavy atom. The van der Waals surface area contributed by atoms with Gasteiger partial charge in [0.25, 0.3) is 11.8 Å². The van der Waals surface area contributed by atoms with Crippen LogP contribution in [0.5, 0.6) is 0 Å². The summed E-state index contributed by atoms with van der Waals surface area (Å²) < 4.78 is 2.13. The van der Waals surface area contributed by atoms with Crippen molar-refractivity contribution in [1.29, 1.82) is 0 Å². The number of hydrogen-bond acceptors (Lipinski definition) is 4. The van der Waals surface area contributed by atoms with Crippen LogP contribution in [-0.2, 0) is 16.8 Å². The third-order valence-corrected chi connectivity index (χ3v) is 6.93. The highest BCUT2D eigenvalue weighted by molar-refractivity contribution is 6.20. The zero-order valence-electron chi connectivity index (χ0n) is 20.6. The third-order valence-electron chi connectivity index (χ3n) is 6.93. The van der Waals surface area contributed by atoms with Crippen LogP contribution in [0.25, 0.3) is 0 Å². The summed E-state index contributed by atoms with van der Waals surface area (Å²) in [5.41, 5.74) is 4.16. The molecule has 6 rings (SSSR count). The van der Waals surface area contributed by atoms with Gasteiger partial charge in [-0.25, -0.2) is 4.98 Å². The fourth-order valence-electron chi connectivity index (χ4n) is 5.19. The lowest BCUT2D eigenvalue weighted by Crippen LogP contribution is -2.37. The number of nitrogens with zero attached hydrogens (tertiary/aromatic N) is 3. The number of hydroxylamine groups is 2. The van der Waals surface area contributed by atoms with Gasteiger partial charge in [0.05, 0.1) is 29.8 Å². The molecule has 0 unspecified atom stereocenters. The molecular formula is C32H25N3O3. The first-order chi connectivity index (χ1) is 18.7. The van der Waals surface area contributed by atoms with E-state index in [9.17, 15) is 9.59 Å². The predicted octanol–water partition coefficient (Wildman–Crippen LogP) is 5.49. The molecule has 5 aromatic rings. The topological polar surface area (TPSA) is 64.4 Å². The second-order valence-electron chi connectivity index (χ2n) is 9.11. The van der Waals surface area contributed by atoms with Crippen LogP contribution in [0.2, 0.25) is 0 Å². The molecule has 2 heterocycles. The second kappa shape index (κ2) is 9.92. The van der Waals surface area contributed by atoms with Crippen molar-refractivity contribution in [2.75, 3.05) is 6.61 Å². The van der Waals surface area contributed by atoms with Gasteiger partial charge in [0.2, 0.25) is 0 Å². The summed E-state index contributed by atoms with van der Waals surface area (Å²) >= 11 is 0. The Morgan fingerprint density at radius 1 is 0.632 bits per heavy atom. The molecule has 1 aliphatic rings. The standard InChI is InChI=1S/C32H25N3O3/c36-30-28-18-10-11-19-29(28)31(37)35(30)38-21-20-27-22-34(23-33-27)32(24-12-4-1-5-13-24,25-14-6-2-7-15-25)26-16-8-3-9-17-26/h1-19,22-23H,20-21H2. The molecule has 0 aliphatic carbocycles. The Labute approximate surface area is 220 Å². The lowest BCUT2D eigenvalue weighted by atomic mass is 9.77. The smallest absolute Gasteiger partial charge is 0.285 e. The Kier molecular flexibility index (Phi) is 6.15. The van der Waals surface area contributed by atoms with E-state index in [1.54, 1.807) is 24.3 Å². The van der Waals surface area contributed by atoms with E-state index in [4.69, 9.17) is 9.82 Å². The van der Waals surface area contributed by atoms with Crippen LogP contribution in [0.4, 0.5) is 0 Å². The van der Waals surface area contributed by atoms with Crippen molar-refractivity contribution in [3.63, 3.8) is 0 Å². The van der Waals surface area contributed by atoms with Crippen molar-refractivity contribution in [1.82, 2.24) is 14.6 Å². The lowest BCUT2D eigenvalue weighted by Gasteiger charge is -2.37. The molecule has 0 fully saturated rings. The van der Waals surface area contributed by atoms with Crippen molar-refractivity contribution in [2.24, 2.45) is 0 Å². The van der Waals surface area contributed by atoms with E-state index in [1.165, 1.54) is 0 Å². The number of imidazole rings is 1. The minimum Gasteiger partial charge on any atom is -0.319 e. The van der Waals surface area contributed by atoms with Gasteiger partial charge in [0.1, 0.15) is 5.54 Å². The van der Waals surface area contributed by atoms with Crippen molar-refractivity contribution in [3.05, 3.63) is 161 Å². The highest BCUT2D eigenvalue weighted by Crippen LogP contribution is 2.40. The van der Waals surface area contributed by atoms with Gasteiger partial charge in [-0.3, -0.25) is 14.4 Å². The second-order valence-corrected chi connectivity index (χ2v) is 9.11. The minimum absolute atomic E-state index is 0.136. The van der Waals surface area contributed by atoms with E-state index in [-0.39, 0.29) is 6.61 Å². The summed E-state index contributed by atoms with van der Waals surface area (Å²) in [5, 5.41) is 0.851. The van der Waals surface area contributed by atoms with E-state index in [1.807, 2.05) is 67.1 Å². The summed E-state index contributed by atoms with van der Waals surface area (Å²) in [6.45, 7) is 0.136.